The minimum atomic E-state index is -0.309. The number of benzene rings is 1. The summed E-state index contributed by atoms with van der Waals surface area (Å²) in [5.41, 5.74) is 7.37. The molecular weight excluding hydrogens is 231 g/mol. The Labute approximate surface area is 107 Å². The number of halogens is 1. The van der Waals surface area contributed by atoms with Crippen LogP contribution in [0.15, 0.2) is 18.2 Å². The summed E-state index contributed by atoms with van der Waals surface area (Å²) >= 11 is 0. The molecule has 1 fully saturated rings. The lowest BCUT2D eigenvalue weighted by Gasteiger charge is -2.34. The van der Waals surface area contributed by atoms with Crippen molar-refractivity contribution in [3.8, 4) is 0 Å². The van der Waals surface area contributed by atoms with E-state index in [1.54, 1.807) is 6.07 Å². The Bertz CT molecular complexity index is 401. The second-order valence-electron chi connectivity index (χ2n) is 5.07. The first kappa shape index (κ1) is 13.3. The fourth-order valence-electron chi connectivity index (χ4n) is 2.61. The standard InChI is InChI=1S/C14H21FN2O/c1-10(16)14-12(15)3-2-4-13(14)17-7-5-11(9-18)6-8-17/h2-4,10-11,18H,5-9,16H2,1H3/t10-/m0/s1. The molecule has 0 aromatic heterocycles. The van der Waals surface area contributed by atoms with Crippen molar-refractivity contribution in [1.29, 1.82) is 0 Å². The lowest BCUT2D eigenvalue weighted by molar-refractivity contribution is 0.203. The number of nitrogens with two attached hydrogens (primary N) is 1. The van der Waals surface area contributed by atoms with E-state index in [1.807, 2.05) is 13.0 Å². The predicted octanol–water partition coefficient (Wildman–Crippen LogP) is 2.05. The van der Waals surface area contributed by atoms with Crippen LogP contribution in [0, 0.1) is 11.7 Å². The molecule has 1 aliphatic rings. The van der Waals surface area contributed by atoms with Crippen LogP contribution in [0.5, 0.6) is 0 Å². The summed E-state index contributed by atoms with van der Waals surface area (Å²) in [6.07, 6.45) is 1.90. The molecule has 1 aromatic rings. The number of aliphatic hydroxyl groups excluding tert-OH is 1. The molecule has 18 heavy (non-hydrogen) atoms. The van der Waals surface area contributed by atoms with Crippen LogP contribution in [0.25, 0.3) is 0 Å². The number of hydrogen-bond acceptors (Lipinski definition) is 3. The summed E-state index contributed by atoms with van der Waals surface area (Å²) in [4.78, 5) is 2.17. The van der Waals surface area contributed by atoms with Crippen molar-refractivity contribution < 1.29 is 9.50 Å². The van der Waals surface area contributed by atoms with E-state index in [2.05, 4.69) is 4.90 Å². The molecule has 1 aromatic carbocycles. The Morgan fingerprint density at radius 3 is 2.67 bits per heavy atom. The van der Waals surface area contributed by atoms with Gasteiger partial charge in [0.15, 0.2) is 0 Å². The quantitative estimate of drug-likeness (QED) is 0.865. The zero-order valence-electron chi connectivity index (χ0n) is 10.8. The molecule has 100 valence electrons. The van der Waals surface area contributed by atoms with E-state index in [-0.39, 0.29) is 18.5 Å². The predicted molar refractivity (Wildman–Crippen MR) is 71.0 cm³/mol. The van der Waals surface area contributed by atoms with E-state index in [1.165, 1.54) is 6.07 Å². The monoisotopic (exact) mass is 252 g/mol. The van der Waals surface area contributed by atoms with Gasteiger partial charge in [-0.2, -0.15) is 0 Å². The number of piperidine rings is 1. The first-order valence-corrected chi connectivity index (χ1v) is 6.53. The van der Waals surface area contributed by atoms with Crippen LogP contribution in [0.1, 0.15) is 31.4 Å². The Balaban J connectivity index is 2.21. The molecule has 0 bridgehead atoms. The number of anilines is 1. The maximum absolute atomic E-state index is 13.9. The highest BCUT2D eigenvalue weighted by Crippen LogP contribution is 2.30. The zero-order valence-corrected chi connectivity index (χ0v) is 10.8. The molecule has 2 rings (SSSR count). The highest BCUT2D eigenvalue weighted by molar-refractivity contribution is 5.55. The van der Waals surface area contributed by atoms with Gasteiger partial charge in [0, 0.05) is 37.0 Å². The minimum absolute atomic E-state index is 0.230. The second-order valence-corrected chi connectivity index (χ2v) is 5.07. The van der Waals surface area contributed by atoms with E-state index in [4.69, 9.17) is 10.8 Å². The van der Waals surface area contributed by atoms with Crippen LogP contribution < -0.4 is 10.6 Å². The van der Waals surface area contributed by atoms with Gasteiger partial charge >= 0.3 is 0 Å². The van der Waals surface area contributed by atoms with Crippen molar-refractivity contribution in [2.24, 2.45) is 11.7 Å². The van der Waals surface area contributed by atoms with Gasteiger partial charge in [-0.15, -0.1) is 0 Å². The van der Waals surface area contributed by atoms with E-state index in [0.29, 0.717) is 11.5 Å². The summed E-state index contributed by atoms with van der Waals surface area (Å²) in [6.45, 7) is 3.77. The molecule has 0 amide bonds. The molecule has 3 nitrogen and oxygen atoms in total. The molecule has 4 heteroatoms. The smallest absolute Gasteiger partial charge is 0.130 e. The highest BCUT2D eigenvalue weighted by atomic mass is 19.1. The van der Waals surface area contributed by atoms with Gasteiger partial charge < -0.3 is 15.7 Å². The SMILES string of the molecule is C[C@H](N)c1c(F)cccc1N1CCC(CO)CC1. The van der Waals surface area contributed by atoms with Crippen LogP contribution in [0.3, 0.4) is 0 Å². The van der Waals surface area contributed by atoms with E-state index in [9.17, 15) is 4.39 Å². The van der Waals surface area contributed by atoms with Crippen molar-refractivity contribution in [3.05, 3.63) is 29.6 Å². The molecule has 0 saturated carbocycles. The molecule has 1 heterocycles. The molecule has 3 N–H and O–H groups in total. The number of hydrogen-bond donors (Lipinski definition) is 2. The van der Waals surface area contributed by atoms with E-state index >= 15 is 0 Å². The summed E-state index contributed by atoms with van der Waals surface area (Å²) in [5.74, 6) is 0.153. The van der Waals surface area contributed by atoms with Crippen LogP contribution in [0.2, 0.25) is 0 Å². The van der Waals surface area contributed by atoms with Gasteiger partial charge in [-0.25, -0.2) is 4.39 Å². The molecule has 0 aliphatic carbocycles. The molecule has 1 aliphatic heterocycles. The third kappa shape index (κ3) is 2.65. The molecule has 0 unspecified atom stereocenters. The average Bonchev–Trinajstić information content (AvgIpc) is 2.38. The summed E-state index contributed by atoms with van der Waals surface area (Å²) < 4.78 is 13.9. The maximum atomic E-state index is 13.9. The first-order valence-electron chi connectivity index (χ1n) is 6.53. The van der Waals surface area contributed by atoms with E-state index < -0.39 is 0 Å². The molecule has 0 radical (unpaired) electrons. The zero-order chi connectivity index (χ0) is 13.1. The van der Waals surface area contributed by atoms with Gasteiger partial charge in [-0.05, 0) is 37.8 Å². The third-order valence-electron chi connectivity index (χ3n) is 3.70. The summed E-state index contributed by atoms with van der Waals surface area (Å²) in [5, 5.41) is 9.14. The van der Waals surface area contributed by atoms with Gasteiger partial charge in [-0.1, -0.05) is 6.07 Å². The van der Waals surface area contributed by atoms with Gasteiger partial charge in [-0.3, -0.25) is 0 Å². The van der Waals surface area contributed by atoms with E-state index in [0.717, 1.165) is 31.6 Å². The van der Waals surface area contributed by atoms with Crippen molar-refractivity contribution in [2.45, 2.75) is 25.8 Å². The lowest BCUT2D eigenvalue weighted by Crippen LogP contribution is -2.35. The number of nitrogens with zero attached hydrogens (tertiary/aromatic N) is 1. The second kappa shape index (κ2) is 5.67. The lowest BCUT2D eigenvalue weighted by atomic mass is 9.96. The van der Waals surface area contributed by atoms with Gasteiger partial charge in [0.25, 0.3) is 0 Å². The molecule has 1 saturated heterocycles. The number of rotatable bonds is 3. The Kier molecular flexibility index (Phi) is 4.19. The fraction of sp³-hybridized carbons (Fsp3) is 0.571. The van der Waals surface area contributed by atoms with Crippen molar-refractivity contribution in [1.82, 2.24) is 0 Å². The topological polar surface area (TPSA) is 49.5 Å². The van der Waals surface area contributed by atoms with Crippen LogP contribution in [-0.4, -0.2) is 24.8 Å². The summed E-state index contributed by atoms with van der Waals surface area (Å²) in [6, 6.07) is 4.81. The first-order chi connectivity index (χ1) is 8.63. The van der Waals surface area contributed by atoms with Gasteiger partial charge in [0.05, 0.1) is 0 Å². The fourth-order valence-corrected chi connectivity index (χ4v) is 2.61. The van der Waals surface area contributed by atoms with Gasteiger partial charge in [0.2, 0.25) is 0 Å². The molecule has 1 atom stereocenters. The van der Waals surface area contributed by atoms with Crippen molar-refractivity contribution in [3.63, 3.8) is 0 Å². The highest BCUT2D eigenvalue weighted by Gasteiger charge is 2.22. The largest absolute Gasteiger partial charge is 0.396 e. The molecular formula is C14H21FN2O. The Morgan fingerprint density at radius 1 is 1.44 bits per heavy atom. The van der Waals surface area contributed by atoms with Crippen molar-refractivity contribution >= 4 is 5.69 Å². The normalized spacial score (nSPS) is 19.0. The van der Waals surface area contributed by atoms with Crippen LogP contribution in [0.4, 0.5) is 10.1 Å². The van der Waals surface area contributed by atoms with Crippen molar-refractivity contribution in [2.75, 3.05) is 24.6 Å². The average molecular weight is 252 g/mol. The van der Waals surface area contributed by atoms with Crippen LogP contribution >= 0.6 is 0 Å². The third-order valence-corrected chi connectivity index (χ3v) is 3.70. The maximum Gasteiger partial charge on any atom is 0.130 e. The summed E-state index contributed by atoms with van der Waals surface area (Å²) in [7, 11) is 0. The molecule has 0 spiro atoms. The van der Waals surface area contributed by atoms with Crippen LogP contribution in [-0.2, 0) is 0 Å². The number of aliphatic hydroxyl groups is 1. The minimum Gasteiger partial charge on any atom is -0.396 e. The Morgan fingerprint density at radius 2 is 2.11 bits per heavy atom. The van der Waals surface area contributed by atoms with Gasteiger partial charge in [0.1, 0.15) is 5.82 Å². The Hall–Kier alpha value is -1.13.